The van der Waals surface area contributed by atoms with Crippen LogP contribution in [-0.2, 0) is 0 Å². The quantitative estimate of drug-likeness (QED) is 0.886. The fourth-order valence-corrected chi connectivity index (χ4v) is 1.97. The number of rotatable bonds is 2. The molecule has 0 radical (unpaired) electrons. The second kappa shape index (κ2) is 5.19. The van der Waals surface area contributed by atoms with Crippen LogP contribution in [0.25, 0.3) is 0 Å². The van der Waals surface area contributed by atoms with Crippen molar-refractivity contribution in [3.63, 3.8) is 0 Å². The second-order valence-electron chi connectivity index (χ2n) is 3.84. The zero-order valence-electron chi connectivity index (χ0n) is 9.67. The average molecular weight is 305 g/mol. The molecule has 0 aliphatic rings. The van der Waals surface area contributed by atoms with Crippen LogP contribution in [0.4, 0.5) is 15.8 Å². The van der Waals surface area contributed by atoms with Gasteiger partial charge in [-0.05, 0) is 37.3 Å². The first kappa shape index (κ1) is 12.6. The lowest BCUT2D eigenvalue weighted by Crippen LogP contribution is -1.97. The van der Waals surface area contributed by atoms with Gasteiger partial charge in [0.05, 0.1) is 11.3 Å². The fraction of sp³-hybridized carbons (Fsp3) is 0.0714. The SMILES string of the molecule is Cc1c(F)cccc1Nc1ccc(Br)cc1C#N. The molecule has 2 nitrogen and oxygen atoms in total. The van der Waals surface area contributed by atoms with Crippen LogP contribution in [0.3, 0.4) is 0 Å². The van der Waals surface area contributed by atoms with Crippen LogP contribution in [0.15, 0.2) is 40.9 Å². The van der Waals surface area contributed by atoms with E-state index in [9.17, 15) is 4.39 Å². The Morgan fingerprint density at radius 1 is 1.22 bits per heavy atom. The highest BCUT2D eigenvalue weighted by molar-refractivity contribution is 9.10. The molecule has 2 aromatic carbocycles. The zero-order valence-corrected chi connectivity index (χ0v) is 11.3. The van der Waals surface area contributed by atoms with E-state index in [1.54, 1.807) is 31.2 Å². The highest BCUT2D eigenvalue weighted by Gasteiger charge is 2.07. The number of anilines is 2. The van der Waals surface area contributed by atoms with Gasteiger partial charge in [-0.2, -0.15) is 5.26 Å². The molecule has 0 amide bonds. The van der Waals surface area contributed by atoms with Crippen LogP contribution in [-0.4, -0.2) is 0 Å². The molecule has 18 heavy (non-hydrogen) atoms. The third-order valence-electron chi connectivity index (χ3n) is 2.64. The standard InChI is InChI=1S/C14H10BrFN2/c1-9-12(16)3-2-4-13(9)18-14-6-5-11(15)7-10(14)8-17/h2-7,18H,1H3. The Labute approximate surface area is 113 Å². The van der Waals surface area contributed by atoms with Crippen LogP contribution in [0.1, 0.15) is 11.1 Å². The predicted octanol–water partition coefficient (Wildman–Crippen LogP) is 4.51. The number of hydrogen-bond donors (Lipinski definition) is 1. The summed E-state index contributed by atoms with van der Waals surface area (Å²) < 4.78 is 14.2. The topological polar surface area (TPSA) is 35.8 Å². The third kappa shape index (κ3) is 2.52. The Morgan fingerprint density at radius 3 is 2.72 bits per heavy atom. The molecule has 0 aromatic heterocycles. The van der Waals surface area contributed by atoms with Gasteiger partial charge in [-0.3, -0.25) is 0 Å². The Morgan fingerprint density at radius 2 is 2.00 bits per heavy atom. The number of benzene rings is 2. The van der Waals surface area contributed by atoms with Gasteiger partial charge in [-0.15, -0.1) is 0 Å². The summed E-state index contributed by atoms with van der Waals surface area (Å²) in [6.45, 7) is 1.70. The number of nitriles is 1. The minimum atomic E-state index is -0.268. The lowest BCUT2D eigenvalue weighted by atomic mass is 10.1. The first-order chi connectivity index (χ1) is 8.61. The minimum absolute atomic E-state index is 0.268. The van der Waals surface area contributed by atoms with Gasteiger partial charge in [-0.25, -0.2) is 4.39 Å². The molecule has 2 aromatic rings. The molecule has 0 spiro atoms. The summed E-state index contributed by atoms with van der Waals surface area (Å²) >= 11 is 3.31. The van der Waals surface area contributed by atoms with Crippen molar-refractivity contribution < 1.29 is 4.39 Å². The van der Waals surface area contributed by atoms with Crippen molar-refractivity contribution in [1.82, 2.24) is 0 Å². The van der Waals surface area contributed by atoms with Crippen molar-refractivity contribution in [3.8, 4) is 6.07 Å². The second-order valence-corrected chi connectivity index (χ2v) is 4.75. The van der Waals surface area contributed by atoms with Crippen LogP contribution in [0.5, 0.6) is 0 Å². The van der Waals surface area contributed by atoms with Gasteiger partial charge >= 0.3 is 0 Å². The Balaban J connectivity index is 2.41. The molecule has 0 heterocycles. The average Bonchev–Trinajstić information content (AvgIpc) is 2.37. The summed E-state index contributed by atoms with van der Waals surface area (Å²) in [4.78, 5) is 0. The molecule has 0 saturated heterocycles. The summed E-state index contributed by atoms with van der Waals surface area (Å²) in [5, 5.41) is 12.1. The van der Waals surface area contributed by atoms with E-state index in [2.05, 4.69) is 27.3 Å². The minimum Gasteiger partial charge on any atom is -0.354 e. The lowest BCUT2D eigenvalue weighted by molar-refractivity contribution is 0.619. The van der Waals surface area contributed by atoms with E-state index in [-0.39, 0.29) is 5.82 Å². The normalized spacial score (nSPS) is 9.89. The van der Waals surface area contributed by atoms with E-state index in [4.69, 9.17) is 5.26 Å². The molecule has 0 unspecified atom stereocenters. The fourth-order valence-electron chi connectivity index (χ4n) is 1.61. The van der Waals surface area contributed by atoms with Crippen LogP contribution in [0, 0.1) is 24.1 Å². The summed E-state index contributed by atoms with van der Waals surface area (Å²) in [5.74, 6) is -0.268. The molecule has 0 saturated carbocycles. The number of halogens is 2. The van der Waals surface area contributed by atoms with Crippen molar-refractivity contribution in [2.45, 2.75) is 6.92 Å². The maximum absolute atomic E-state index is 13.4. The zero-order chi connectivity index (χ0) is 13.1. The molecular weight excluding hydrogens is 295 g/mol. The Kier molecular flexibility index (Phi) is 3.63. The number of nitrogens with one attached hydrogen (secondary N) is 1. The summed E-state index contributed by atoms with van der Waals surface area (Å²) in [7, 11) is 0. The van der Waals surface area contributed by atoms with Gasteiger partial charge in [0.1, 0.15) is 11.9 Å². The summed E-state index contributed by atoms with van der Waals surface area (Å²) in [6.07, 6.45) is 0. The van der Waals surface area contributed by atoms with Crippen molar-refractivity contribution in [2.75, 3.05) is 5.32 Å². The van der Waals surface area contributed by atoms with Crippen molar-refractivity contribution >= 4 is 27.3 Å². The maximum atomic E-state index is 13.4. The predicted molar refractivity (Wildman–Crippen MR) is 73.3 cm³/mol. The molecule has 4 heteroatoms. The largest absolute Gasteiger partial charge is 0.354 e. The van der Waals surface area contributed by atoms with E-state index >= 15 is 0 Å². The first-order valence-electron chi connectivity index (χ1n) is 5.33. The highest BCUT2D eigenvalue weighted by Crippen LogP contribution is 2.26. The van der Waals surface area contributed by atoms with Gasteiger partial charge in [0.15, 0.2) is 0 Å². The van der Waals surface area contributed by atoms with Crippen LogP contribution >= 0.6 is 15.9 Å². The van der Waals surface area contributed by atoms with Crippen molar-refractivity contribution in [1.29, 1.82) is 5.26 Å². The third-order valence-corrected chi connectivity index (χ3v) is 3.13. The Bertz CT molecular complexity index is 632. The summed E-state index contributed by atoms with van der Waals surface area (Å²) in [5.41, 5.74) is 2.36. The maximum Gasteiger partial charge on any atom is 0.128 e. The molecule has 0 aliphatic carbocycles. The monoisotopic (exact) mass is 304 g/mol. The Hall–Kier alpha value is -1.86. The highest BCUT2D eigenvalue weighted by atomic mass is 79.9. The first-order valence-corrected chi connectivity index (χ1v) is 6.13. The summed E-state index contributed by atoms with van der Waals surface area (Å²) in [6, 6.07) is 12.3. The van der Waals surface area contributed by atoms with E-state index < -0.39 is 0 Å². The van der Waals surface area contributed by atoms with E-state index in [1.807, 2.05) is 6.07 Å². The molecular formula is C14H10BrFN2. The lowest BCUT2D eigenvalue weighted by Gasteiger charge is -2.11. The molecule has 0 aliphatic heterocycles. The van der Waals surface area contributed by atoms with Gasteiger partial charge in [-0.1, -0.05) is 22.0 Å². The molecule has 0 bridgehead atoms. The number of nitrogens with zero attached hydrogens (tertiary/aromatic N) is 1. The van der Waals surface area contributed by atoms with E-state index in [1.165, 1.54) is 6.07 Å². The smallest absolute Gasteiger partial charge is 0.128 e. The molecule has 0 fully saturated rings. The molecule has 2 rings (SSSR count). The van der Waals surface area contributed by atoms with E-state index in [0.717, 1.165) is 4.47 Å². The van der Waals surface area contributed by atoms with Crippen LogP contribution in [0.2, 0.25) is 0 Å². The molecule has 90 valence electrons. The van der Waals surface area contributed by atoms with Crippen molar-refractivity contribution in [3.05, 3.63) is 57.8 Å². The van der Waals surface area contributed by atoms with Crippen LogP contribution < -0.4 is 5.32 Å². The van der Waals surface area contributed by atoms with Gasteiger partial charge < -0.3 is 5.32 Å². The van der Waals surface area contributed by atoms with Gasteiger partial charge in [0.25, 0.3) is 0 Å². The van der Waals surface area contributed by atoms with Gasteiger partial charge in [0.2, 0.25) is 0 Å². The van der Waals surface area contributed by atoms with Gasteiger partial charge in [0, 0.05) is 15.7 Å². The molecule has 1 N–H and O–H groups in total. The molecule has 0 atom stereocenters. The van der Waals surface area contributed by atoms with E-state index in [0.29, 0.717) is 22.5 Å². The van der Waals surface area contributed by atoms with Crippen molar-refractivity contribution in [2.24, 2.45) is 0 Å². The number of hydrogen-bond acceptors (Lipinski definition) is 2.